The van der Waals surface area contributed by atoms with Gasteiger partial charge >= 0.3 is 12.0 Å². The number of amides is 2. The van der Waals surface area contributed by atoms with Crippen molar-refractivity contribution in [1.82, 2.24) is 14.7 Å². The van der Waals surface area contributed by atoms with E-state index in [-0.39, 0.29) is 11.9 Å². The molecule has 0 radical (unpaired) electrons. The maximum Gasteiger partial charge on any atom is 0.320 e. The molecule has 2 aliphatic rings. The fourth-order valence-corrected chi connectivity index (χ4v) is 3.07. The molecule has 0 spiro atoms. The highest BCUT2D eigenvalue weighted by Crippen LogP contribution is 2.21. The average molecular weight is 283 g/mol. The number of nitrogens with zero attached hydrogens (tertiary/aromatic N) is 3. The quantitative estimate of drug-likeness (QED) is 0.819. The second kappa shape index (κ2) is 6.43. The topological polar surface area (TPSA) is 64.1 Å². The van der Waals surface area contributed by atoms with Crippen molar-refractivity contribution in [3.8, 4) is 0 Å². The average Bonchev–Trinajstić information content (AvgIpc) is 2.46. The first-order chi connectivity index (χ1) is 9.49. The van der Waals surface area contributed by atoms with Crippen molar-refractivity contribution in [2.75, 3.05) is 40.3 Å². The van der Waals surface area contributed by atoms with Crippen LogP contribution >= 0.6 is 0 Å². The van der Waals surface area contributed by atoms with Gasteiger partial charge in [-0.2, -0.15) is 0 Å². The number of carboxylic acid groups (broad SMARTS) is 1. The molecule has 0 aromatic rings. The van der Waals surface area contributed by atoms with Crippen LogP contribution in [0.2, 0.25) is 0 Å². The third kappa shape index (κ3) is 3.42. The largest absolute Gasteiger partial charge is 0.481 e. The number of likely N-dealkylation sites (N-methyl/N-ethyl adjacent to an activating group) is 1. The third-order valence-electron chi connectivity index (χ3n) is 4.51. The minimum Gasteiger partial charge on any atom is -0.481 e. The van der Waals surface area contributed by atoms with Crippen LogP contribution in [-0.2, 0) is 4.79 Å². The van der Waals surface area contributed by atoms with Crippen molar-refractivity contribution in [2.45, 2.75) is 31.7 Å². The number of carbonyl (C=O) groups excluding carboxylic acids is 1. The zero-order valence-electron chi connectivity index (χ0n) is 12.4. The van der Waals surface area contributed by atoms with Gasteiger partial charge in [0.2, 0.25) is 0 Å². The highest BCUT2D eigenvalue weighted by Gasteiger charge is 2.31. The van der Waals surface area contributed by atoms with Crippen molar-refractivity contribution >= 4 is 12.0 Å². The fourth-order valence-electron chi connectivity index (χ4n) is 3.07. The van der Waals surface area contributed by atoms with Crippen molar-refractivity contribution < 1.29 is 14.7 Å². The van der Waals surface area contributed by atoms with Crippen LogP contribution in [0.25, 0.3) is 0 Å². The van der Waals surface area contributed by atoms with Gasteiger partial charge in [0.1, 0.15) is 0 Å². The van der Waals surface area contributed by atoms with Gasteiger partial charge in [0, 0.05) is 32.2 Å². The molecular formula is C14H25N3O3. The molecule has 2 fully saturated rings. The Bertz CT molecular complexity index is 365. The summed E-state index contributed by atoms with van der Waals surface area (Å²) >= 11 is 0. The summed E-state index contributed by atoms with van der Waals surface area (Å²) in [5.41, 5.74) is 0. The lowest BCUT2D eigenvalue weighted by atomic mass is 9.97. The minimum absolute atomic E-state index is 0.0837. The van der Waals surface area contributed by atoms with E-state index < -0.39 is 5.97 Å². The Kier molecular flexibility index (Phi) is 4.86. The van der Waals surface area contributed by atoms with E-state index in [9.17, 15) is 9.59 Å². The molecule has 20 heavy (non-hydrogen) atoms. The minimum atomic E-state index is -0.734. The van der Waals surface area contributed by atoms with E-state index in [0.29, 0.717) is 32.0 Å². The van der Waals surface area contributed by atoms with Crippen molar-refractivity contribution in [3.63, 3.8) is 0 Å². The van der Waals surface area contributed by atoms with E-state index in [0.717, 1.165) is 25.9 Å². The van der Waals surface area contributed by atoms with E-state index in [1.165, 1.54) is 0 Å². The summed E-state index contributed by atoms with van der Waals surface area (Å²) in [4.78, 5) is 29.3. The molecule has 114 valence electrons. The molecule has 2 saturated heterocycles. The first-order valence-electron chi connectivity index (χ1n) is 7.42. The van der Waals surface area contributed by atoms with E-state index in [4.69, 9.17) is 5.11 Å². The highest BCUT2D eigenvalue weighted by atomic mass is 16.4. The summed E-state index contributed by atoms with van der Waals surface area (Å²) in [5.74, 6) is -1.02. The molecule has 2 rings (SSSR count). The third-order valence-corrected chi connectivity index (χ3v) is 4.51. The molecule has 0 aromatic heterocycles. The van der Waals surface area contributed by atoms with Crippen LogP contribution in [0, 0.1) is 5.92 Å². The van der Waals surface area contributed by atoms with Gasteiger partial charge in [-0.3, -0.25) is 4.79 Å². The van der Waals surface area contributed by atoms with Crippen LogP contribution in [0.3, 0.4) is 0 Å². The normalized spacial score (nSPS) is 25.1. The highest BCUT2D eigenvalue weighted by molar-refractivity contribution is 5.75. The summed E-state index contributed by atoms with van der Waals surface area (Å²) in [6.45, 7) is 2.74. The lowest BCUT2D eigenvalue weighted by Gasteiger charge is -2.40. The number of urea groups is 1. The molecule has 0 saturated carbocycles. The van der Waals surface area contributed by atoms with E-state index in [1.807, 2.05) is 9.80 Å². The first kappa shape index (κ1) is 15.1. The Hall–Kier alpha value is -1.30. The summed E-state index contributed by atoms with van der Waals surface area (Å²) in [6.07, 6.45) is 3.33. The van der Waals surface area contributed by atoms with Gasteiger partial charge in [0.15, 0.2) is 0 Å². The number of hydrogen-bond acceptors (Lipinski definition) is 3. The monoisotopic (exact) mass is 283 g/mol. The summed E-state index contributed by atoms with van der Waals surface area (Å²) in [5, 5.41) is 8.99. The number of aliphatic carboxylic acids is 1. The molecule has 2 aliphatic heterocycles. The van der Waals surface area contributed by atoms with Crippen LogP contribution in [0.5, 0.6) is 0 Å². The standard InChI is InChI=1S/C14H25N3O3/c1-15(2)12-4-3-7-17(10-12)14(20)16-8-5-11(6-9-16)13(18)19/h11-12H,3-10H2,1-2H3,(H,18,19). The maximum absolute atomic E-state index is 12.5. The van der Waals surface area contributed by atoms with Gasteiger partial charge in [-0.15, -0.1) is 0 Å². The Labute approximate surface area is 120 Å². The van der Waals surface area contributed by atoms with Gasteiger partial charge in [0.25, 0.3) is 0 Å². The SMILES string of the molecule is CN(C)C1CCCN(C(=O)N2CCC(C(=O)O)CC2)C1. The predicted molar refractivity (Wildman–Crippen MR) is 75.6 cm³/mol. The van der Waals surface area contributed by atoms with Crippen LogP contribution < -0.4 is 0 Å². The molecule has 1 atom stereocenters. The number of likely N-dealkylation sites (tertiary alicyclic amines) is 2. The summed E-state index contributed by atoms with van der Waals surface area (Å²) in [7, 11) is 4.11. The molecule has 0 aromatic carbocycles. The summed E-state index contributed by atoms with van der Waals surface area (Å²) < 4.78 is 0. The van der Waals surface area contributed by atoms with Gasteiger partial charge in [-0.05, 0) is 39.8 Å². The van der Waals surface area contributed by atoms with Crippen LogP contribution in [0.1, 0.15) is 25.7 Å². The summed E-state index contributed by atoms with van der Waals surface area (Å²) in [6, 6.07) is 0.518. The van der Waals surface area contributed by atoms with Gasteiger partial charge in [-0.25, -0.2) is 4.79 Å². The second-order valence-corrected chi connectivity index (χ2v) is 6.09. The van der Waals surface area contributed by atoms with Crippen molar-refractivity contribution in [3.05, 3.63) is 0 Å². The van der Waals surface area contributed by atoms with Crippen molar-refractivity contribution in [2.24, 2.45) is 5.92 Å². The van der Waals surface area contributed by atoms with Crippen molar-refractivity contribution in [1.29, 1.82) is 0 Å². The lowest BCUT2D eigenvalue weighted by molar-refractivity contribution is -0.143. The van der Waals surface area contributed by atoms with Gasteiger partial charge in [0.05, 0.1) is 5.92 Å². The molecule has 0 bridgehead atoms. The van der Waals surface area contributed by atoms with Gasteiger partial charge in [-0.1, -0.05) is 0 Å². The Morgan fingerprint density at radius 2 is 1.70 bits per heavy atom. The first-order valence-corrected chi connectivity index (χ1v) is 7.42. The molecule has 0 aliphatic carbocycles. The number of rotatable bonds is 2. The Morgan fingerprint density at radius 1 is 1.05 bits per heavy atom. The molecule has 6 heteroatoms. The zero-order chi connectivity index (χ0) is 14.7. The molecule has 1 unspecified atom stereocenters. The van der Waals surface area contributed by atoms with E-state index in [1.54, 1.807) is 0 Å². The molecular weight excluding hydrogens is 258 g/mol. The van der Waals surface area contributed by atoms with E-state index >= 15 is 0 Å². The molecule has 2 amide bonds. The Balaban J connectivity index is 1.87. The fraction of sp³-hybridized carbons (Fsp3) is 0.857. The molecule has 2 heterocycles. The van der Waals surface area contributed by atoms with Crippen LogP contribution in [0.15, 0.2) is 0 Å². The second-order valence-electron chi connectivity index (χ2n) is 6.09. The van der Waals surface area contributed by atoms with E-state index in [2.05, 4.69) is 19.0 Å². The molecule has 6 nitrogen and oxygen atoms in total. The molecule has 1 N–H and O–H groups in total. The zero-order valence-corrected chi connectivity index (χ0v) is 12.4. The number of piperidine rings is 2. The smallest absolute Gasteiger partial charge is 0.320 e. The van der Waals surface area contributed by atoms with Crippen LogP contribution in [-0.4, -0.2) is 78.1 Å². The number of carboxylic acids is 1. The number of carbonyl (C=O) groups is 2. The number of hydrogen-bond donors (Lipinski definition) is 1. The van der Waals surface area contributed by atoms with Gasteiger partial charge < -0.3 is 19.8 Å². The Morgan fingerprint density at radius 3 is 2.25 bits per heavy atom. The predicted octanol–water partition coefficient (Wildman–Crippen LogP) is 0.929. The lowest BCUT2D eigenvalue weighted by Crippen LogP contribution is -2.53. The van der Waals surface area contributed by atoms with Crippen LogP contribution in [0.4, 0.5) is 4.79 Å². The maximum atomic E-state index is 12.5.